The molecule has 0 bridgehead atoms. The maximum Gasteiger partial charge on any atom is 0.326 e. The zero-order valence-corrected chi connectivity index (χ0v) is 64.8. The van der Waals surface area contributed by atoms with Gasteiger partial charge in [0.05, 0.1) is 6.04 Å². The molecule has 116 heavy (non-hydrogen) atoms. The summed E-state index contributed by atoms with van der Waals surface area (Å²) in [6.07, 6.45) is -6.84. The predicted octanol–water partition coefficient (Wildman–Crippen LogP) is -4.17. The maximum absolute atomic E-state index is 15.0. The van der Waals surface area contributed by atoms with Crippen LogP contribution in [0.5, 0.6) is 5.75 Å². The highest BCUT2D eigenvalue weighted by Gasteiger charge is 2.43. The summed E-state index contributed by atoms with van der Waals surface area (Å²) in [6, 6.07) is -7.96. The van der Waals surface area contributed by atoms with Crippen LogP contribution in [-0.4, -0.2) is 251 Å². The minimum atomic E-state index is -1.90. The summed E-state index contributed by atoms with van der Waals surface area (Å²) in [7, 11) is 0. The lowest BCUT2D eigenvalue weighted by molar-refractivity contribution is -0.144. The van der Waals surface area contributed by atoms with E-state index in [-0.39, 0.29) is 83.2 Å². The topological polar surface area (TPSA) is 706 Å². The Morgan fingerprint density at radius 1 is 0.414 bits per heavy atom. The van der Waals surface area contributed by atoms with E-state index in [2.05, 4.69) is 58.5 Å². The van der Waals surface area contributed by atoms with Crippen LogP contribution < -0.4 is 81.4 Å². The van der Waals surface area contributed by atoms with Gasteiger partial charge >= 0.3 is 35.8 Å². The van der Waals surface area contributed by atoms with E-state index in [1.54, 1.807) is 32.0 Å². The van der Waals surface area contributed by atoms with Gasteiger partial charge in [-0.2, -0.15) is 0 Å². The number of phenols is 1. The van der Waals surface area contributed by atoms with Gasteiger partial charge in [0.25, 0.3) is 0 Å². The van der Waals surface area contributed by atoms with Gasteiger partial charge in [0.15, 0.2) is 0 Å². The van der Waals surface area contributed by atoms with E-state index in [1.165, 1.54) is 41.3 Å². The Morgan fingerprint density at radius 2 is 0.767 bits per heavy atom. The van der Waals surface area contributed by atoms with Crippen molar-refractivity contribution in [3.8, 4) is 5.75 Å². The number of primary amides is 1. The number of nitrogens with two attached hydrogens (primary N) is 4. The third-order valence-corrected chi connectivity index (χ3v) is 18.9. The van der Waals surface area contributed by atoms with Crippen molar-refractivity contribution in [3.63, 3.8) is 0 Å². The van der Waals surface area contributed by atoms with Crippen LogP contribution in [0.3, 0.4) is 0 Å². The summed E-state index contributed by atoms with van der Waals surface area (Å²) in [5, 5.41) is 94.3. The zero-order chi connectivity index (χ0) is 86.9. The number of phenolic OH excluding ortho intramolecular Hbond substituents is 1. The monoisotopic (exact) mass is 1640 g/mol. The molecule has 42 nitrogen and oxygen atoms in total. The van der Waals surface area contributed by atoms with Gasteiger partial charge in [-0.3, -0.25) is 86.3 Å². The van der Waals surface area contributed by atoms with Crippen molar-refractivity contribution < 1.29 is 127 Å². The minimum absolute atomic E-state index is 0.00973. The van der Waals surface area contributed by atoms with Crippen molar-refractivity contribution in [2.24, 2.45) is 28.9 Å². The summed E-state index contributed by atoms with van der Waals surface area (Å²) in [4.78, 5) is 255. The molecule has 1 heterocycles. The SMILES string of the molecule is CC[C@H](C)[C@H](NC(=O)[C@H](Cc1ccc(O)cc1)NC(=O)[C@H](C)NC(=O)[C@H](CCC(=O)O)NC(=O)[C@H](CCC(=O)O)NC(=O)[C@H](Cc1ccccc1)NC(=O)[C@H](CCC(=O)O)NC(=O)[C@@H](N)CCC(=O)O)C(=O)N1CCC[C@H]1C(=O)N[C@@H](CCCCN)C(=O)N[C@@H](CCC(=O)O)C(=O)N[C@@H](CCC(N)=O)C(=O)N[C@@H](CCCCN)C(=O)O. The van der Waals surface area contributed by atoms with Gasteiger partial charge in [-0.25, -0.2) is 4.79 Å². The average Bonchev–Trinajstić information content (AvgIpc) is 1.61. The first-order chi connectivity index (χ1) is 54.8. The molecule has 2 aromatic carbocycles. The van der Waals surface area contributed by atoms with Crippen LogP contribution in [0.2, 0.25) is 0 Å². The fourth-order valence-electron chi connectivity index (χ4n) is 12.0. The molecule has 13 amide bonds. The summed E-state index contributed by atoms with van der Waals surface area (Å²) in [6.45, 7) is 4.71. The number of benzene rings is 2. The highest BCUT2D eigenvalue weighted by atomic mass is 16.4. The van der Waals surface area contributed by atoms with Crippen molar-refractivity contribution in [1.29, 1.82) is 0 Å². The van der Waals surface area contributed by atoms with Crippen molar-refractivity contribution in [2.75, 3.05) is 19.6 Å². The molecule has 0 spiro atoms. The molecule has 0 aromatic heterocycles. The molecule has 2 aromatic rings. The van der Waals surface area contributed by atoms with Crippen LogP contribution in [0.25, 0.3) is 0 Å². The van der Waals surface area contributed by atoms with Crippen LogP contribution in [0.15, 0.2) is 54.6 Å². The van der Waals surface area contributed by atoms with E-state index in [9.17, 15) is 117 Å². The Bertz CT molecular complexity index is 3740. The number of nitrogens with zero attached hydrogens (tertiary/aromatic N) is 1. The third kappa shape index (κ3) is 36.0. The number of hydrogen-bond donors (Lipinski definition) is 22. The van der Waals surface area contributed by atoms with Gasteiger partial charge in [0.2, 0.25) is 76.8 Å². The Balaban J connectivity index is 1.97. The second-order valence-corrected chi connectivity index (χ2v) is 28.1. The van der Waals surface area contributed by atoms with Crippen molar-refractivity contribution >= 4 is 113 Å². The number of hydrogen-bond acceptors (Lipinski definition) is 23. The van der Waals surface area contributed by atoms with Crippen molar-refractivity contribution in [1.82, 2.24) is 63.4 Å². The molecule has 0 unspecified atom stereocenters. The third-order valence-electron chi connectivity index (χ3n) is 18.9. The lowest BCUT2D eigenvalue weighted by Gasteiger charge is -2.33. The number of amides is 13. The first kappa shape index (κ1) is 98.2. The first-order valence-corrected chi connectivity index (χ1v) is 38.0. The Morgan fingerprint density at radius 3 is 1.18 bits per heavy atom. The number of unbranched alkanes of at least 4 members (excludes halogenated alkanes) is 2. The quantitative estimate of drug-likeness (QED) is 0.0279. The molecular formula is C74H110N16O26. The number of aromatic hydroxyl groups is 1. The number of nitrogens with one attached hydrogen (secondary N) is 11. The average molecular weight is 1640 g/mol. The van der Waals surface area contributed by atoms with Gasteiger partial charge in [0.1, 0.15) is 78.3 Å². The number of carbonyl (C=O) groups excluding carboxylic acids is 13. The van der Waals surface area contributed by atoms with Crippen LogP contribution in [0.1, 0.15) is 167 Å². The van der Waals surface area contributed by atoms with Gasteiger partial charge in [-0.15, -0.1) is 0 Å². The molecule has 1 fully saturated rings. The summed E-state index contributed by atoms with van der Waals surface area (Å²) >= 11 is 0. The lowest BCUT2D eigenvalue weighted by atomic mass is 9.96. The van der Waals surface area contributed by atoms with Crippen LogP contribution >= 0.6 is 0 Å². The summed E-state index contributed by atoms with van der Waals surface area (Å²) in [5.41, 5.74) is 23.2. The fraction of sp³-hybridized carbons (Fsp3) is 0.581. The Hall–Kier alpha value is -11.9. The minimum Gasteiger partial charge on any atom is -0.508 e. The van der Waals surface area contributed by atoms with E-state index in [0.29, 0.717) is 30.4 Å². The molecule has 0 saturated carbocycles. The molecule has 1 saturated heterocycles. The highest BCUT2D eigenvalue weighted by Crippen LogP contribution is 2.24. The number of aliphatic carboxylic acids is 6. The van der Waals surface area contributed by atoms with E-state index in [4.69, 9.17) is 28.0 Å². The van der Waals surface area contributed by atoms with Crippen LogP contribution in [0, 0.1) is 5.92 Å². The fourth-order valence-corrected chi connectivity index (χ4v) is 12.0. The van der Waals surface area contributed by atoms with E-state index in [1.807, 2.05) is 0 Å². The van der Waals surface area contributed by atoms with Crippen molar-refractivity contribution in [2.45, 2.75) is 247 Å². The largest absolute Gasteiger partial charge is 0.508 e. The van der Waals surface area contributed by atoms with Gasteiger partial charge in [-0.05, 0) is 139 Å². The molecule has 1 aliphatic heterocycles. The lowest BCUT2D eigenvalue weighted by Crippen LogP contribution is -2.61. The predicted molar refractivity (Wildman–Crippen MR) is 407 cm³/mol. The number of likely N-dealkylation sites (tertiary alicyclic amines) is 1. The second-order valence-electron chi connectivity index (χ2n) is 28.1. The number of rotatable bonds is 56. The summed E-state index contributed by atoms with van der Waals surface area (Å²) < 4.78 is 0. The smallest absolute Gasteiger partial charge is 0.326 e. The molecule has 42 heteroatoms. The molecule has 0 radical (unpaired) electrons. The Labute approximate surface area is 667 Å². The number of carboxylic acid groups (broad SMARTS) is 6. The highest BCUT2D eigenvalue weighted by molar-refractivity contribution is 6.00. The molecule has 26 N–H and O–H groups in total. The van der Waals surface area contributed by atoms with Crippen LogP contribution in [-0.2, 0) is 104 Å². The van der Waals surface area contributed by atoms with Gasteiger partial charge in [0, 0.05) is 57.9 Å². The zero-order valence-electron chi connectivity index (χ0n) is 64.8. The number of carboxylic acids is 6. The van der Waals surface area contributed by atoms with E-state index < -0.39 is 268 Å². The van der Waals surface area contributed by atoms with E-state index in [0.717, 1.165) is 6.92 Å². The van der Waals surface area contributed by atoms with Gasteiger partial charge < -0.3 is 122 Å². The van der Waals surface area contributed by atoms with E-state index >= 15 is 4.79 Å². The van der Waals surface area contributed by atoms with Gasteiger partial charge in [-0.1, -0.05) is 62.7 Å². The molecule has 0 aliphatic carbocycles. The second kappa shape index (κ2) is 51.0. The van der Waals surface area contributed by atoms with Crippen molar-refractivity contribution in [3.05, 3.63) is 65.7 Å². The summed E-state index contributed by atoms with van der Waals surface area (Å²) in [5.74, 6) is -23.2. The molecule has 1 aliphatic rings. The molecular weight excluding hydrogens is 1530 g/mol. The molecule has 642 valence electrons. The normalized spacial score (nSPS) is 15.7. The molecule has 3 rings (SSSR count). The maximum atomic E-state index is 15.0. The first-order valence-electron chi connectivity index (χ1n) is 38.0. The standard InChI is InChI=1S/C74H110N16O26/c1-4-39(2)61(73(114)90-36-12-17-54(90)72(113)85-45(15-8-10-34-75)65(106)83-49(26-32-59(99)100)66(107)81-46(23-28-55(78)92)68(109)86-51(74(115)116)16-9-11-35-76)89-71(112)53(38-42-18-20-43(91)21-19-42)87-62(103)40(3)79-64(105)47(24-30-57(95)96)82-67(108)50(27-33-60(101)102)84-70(111)52(37-41-13-6-5-7-14-41)88-69(110)48(25-31-58(97)98)80-63(104)44(77)22-29-56(93)94/h5-7,13-14,18-21,39-40,44-54,61,91H,4,8-12,15-17,22-38,75-77H2,1-3H3,(H2,78,92)(H,79,105)(H,80,104)(H,81,107)(H,82,108)(H,83,106)(H,84,111)(H,85,113)(H,86,109)(H,87,103)(H,88,110)(H,89,112)(H,93,94)(H,95,96)(H,97,98)(H,99,100)(H,101,102)(H,115,116)/t39-,40-,44-,45-,46-,47-,48-,49-,50-,51-,52-,53-,54-,61-/m0/s1. The number of carbonyl (C=O) groups is 19. The Kier molecular flexibility index (Phi) is 43.2. The van der Waals surface area contributed by atoms with Crippen LogP contribution in [0.4, 0.5) is 0 Å². The molecule has 14 atom stereocenters.